The summed E-state index contributed by atoms with van der Waals surface area (Å²) in [4.78, 5) is 24.1. The zero-order valence-electron chi connectivity index (χ0n) is 13.9. The topological polar surface area (TPSA) is 105 Å². The summed E-state index contributed by atoms with van der Waals surface area (Å²) in [6.07, 6.45) is 0. The molecule has 3 rings (SSSR count). The number of anilines is 1. The summed E-state index contributed by atoms with van der Waals surface area (Å²) >= 11 is 0. The summed E-state index contributed by atoms with van der Waals surface area (Å²) in [7, 11) is 1.29. The van der Waals surface area contributed by atoms with Crippen LogP contribution in [-0.2, 0) is 4.79 Å². The lowest BCUT2D eigenvalue weighted by molar-refractivity contribution is -0.120. The average molecular weight is 366 g/mol. The third-order valence-corrected chi connectivity index (χ3v) is 4.00. The summed E-state index contributed by atoms with van der Waals surface area (Å²) in [5.41, 5.74) is -0.299. The first-order chi connectivity index (χ1) is 12.4. The van der Waals surface area contributed by atoms with Crippen molar-refractivity contribution in [3.05, 3.63) is 41.2 Å². The molecule has 1 aromatic carbocycles. The van der Waals surface area contributed by atoms with Crippen LogP contribution in [0.25, 0.3) is 0 Å². The molecule has 2 aromatic rings. The second kappa shape index (κ2) is 6.98. The Hall–Kier alpha value is -3.17. The molecule has 1 unspecified atom stereocenters. The van der Waals surface area contributed by atoms with Gasteiger partial charge in [-0.15, -0.1) is 0 Å². The van der Waals surface area contributed by atoms with Gasteiger partial charge in [0, 0.05) is 36.2 Å². The van der Waals surface area contributed by atoms with Crippen LogP contribution in [0.1, 0.15) is 17.2 Å². The van der Waals surface area contributed by atoms with Crippen molar-refractivity contribution >= 4 is 17.8 Å². The van der Waals surface area contributed by atoms with Crippen LogP contribution in [0.5, 0.6) is 5.75 Å². The monoisotopic (exact) mass is 366 g/mol. The second-order valence-electron chi connectivity index (χ2n) is 5.76. The maximum absolute atomic E-state index is 14.3. The van der Waals surface area contributed by atoms with Gasteiger partial charge in [-0.2, -0.15) is 0 Å². The molecule has 0 bridgehead atoms. The van der Waals surface area contributed by atoms with E-state index in [1.807, 2.05) is 0 Å². The Morgan fingerprint density at radius 3 is 2.62 bits per heavy atom. The molecule has 1 fully saturated rings. The van der Waals surface area contributed by atoms with Crippen molar-refractivity contribution in [1.29, 1.82) is 0 Å². The lowest BCUT2D eigenvalue weighted by atomic mass is 9.93. The van der Waals surface area contributed by atoms with E-state index < -0.39 is 35.5 Å². The number of ether oxygens (including phenoxy) is 1. The SMILES string of the molecule is COc1cc(F)c([C@@H]2CNC(=O)C2NC(=O)Nc2cc(C)on2)c(F)c1. The number of benzene rings is 1. The number of amides is 3. The van der Waals surface area contributed by atoms with Crippen molar-refractivity contribution in [2.45, 2.75) is 18.9 Å². The standard InChI is InChI=1S/C16H16F2N4O4/c1-7-3-12(22-26-7)20-16(24)21-14-9(6-19-15(14)23)13-10(17)4-8(25-2)5-11(13)18/h3-5,9,14H,6H2,1-2H3,(H,19,23)(H2,20,21,22,24)/t9-,14?/m0/s1. The fraction of sp³-hybridized carbons (Fsp3) is 0.312. The summed E-state index contributed by atoms with van der Waals surface area (Å²) in [6.45, 7) is 1.62. The maximum atomic E-state index is 14.3. The number of hydrogen-bond donors (Lipinski definition) is 3. The number of nitrogens with one attached hydrogen (secondary N) is 3. The van der Waals surface area contributed by atoms with E-state index in [1.165, 1.54) is 13.2 Å². The molecule has 1 saturated heterocycles. The second-order valence-corrected chi connectivity index (χ2v) is 5.76. The summed E-state index contributed by atoms with van der Waals surface area (Å²) in [6, 6.07) is 1.63. The van der Waals surface area contributed by atoms with Gasteiger partial charge < -0.3 is 19.9 Å². The number of rotatable bonds is 4. The summed E-state index contributed by atoms with van der Waals surface area (Å²) in [5, 5.41) is 10.9. The fourth-order valence-electron chi connectivity index (χ4n) is 2.81. The van der Waals surface area contributed by atoms with E-state index in [0.29, 0.717) is 5.76 Å². The Kier molecular flexibility index (Phi) is 4.74. The first kappa shape index (κ1) is 17.6. The predicted octanol–water partition coefficient (Wildman–Crippen LogP) is 1.67. The van der Waals surface area contributed by atoms with Crippen LogP contribution in [-0.4, -0.2) is 36.8 Å². The molecule has 0 aliphatic carbocycles. The van der Waals surface area contributed by atoms with Crippen molar-refractivity contribution < 1.29 is 27.6 Å². The van der Waals surface area contributed by atoms with E-state index in [9.17, 15) is 18.4 Å². The van der Waals surface area contributed by atoms with Crippen LogP contribution in [0.4, 0.5) is 19.4 Å². The van der Waals surface area contributed by atoms with Crippen molar-refractivity contribution in [3.63, 3.8) is 0 Å². The normalized spacial score (nSPS) is 19.2. The Morgan fingerprint density at radius 1 is 1.35 bits per heavy atom. The number of aromatic nitrogens is 1. The minimum absolute atomic E-state index is 0.0182. The quantitative estimate of drug-likeness (QED) is 0.763. The summed E-state index contributed by atoms with van der Waals surface area (Å²) in [5.74, 6) is -2.53. The van der Waals surface area contributed by atoms with E-state index in [2.05, 4.69) is 21.1 Å². The zero-order chi connectivity index (χ0) is 18.8. The lowest BCUT2D eigenvalue weighted by Crippen LogP contribution is -2.45. The Labute approximate surface area is 146 Å². The molecule has 8 nitrogen and oxygen atoms in total. The van der Waals surface area contributed by atoms with Gasteiger partial charge in [0.05, 0.1) is 7.11 Å². The van der Waals surface area contributed by atoms with Gasteiger partial charge in [0.2, 0.25) is 5.91 Å². The Balaban J connectivity index is 1.80. The largest absolute Gasteiger partial charge is 0.497 e. The van der Waals surface area contributed by atoms with E-state index in [1.54, 1.807) is 6.92 Å². The molecule has 10 heteroatoms. The smallest absolute Gasteiger partial charge is 0.321 e. The number of methoxy groups -OCH3 is 1. The highest BCUT2D eigenvalue weighted by Gasteiger charge is 2.40. The molecule has 0 radical (unpaired) electrons. The molecular formula is C16H16F2N4O4. The van der Waals surface area contributed by atoms with Gasteiger partial charge in [0.25, 0.3) is 0 Å². The molecular weight excluding hydrogens is 350 g/mol. The van der Waals surface area contributed by atoms with Gasteiger partial charge in [-0.05, 0) is 6.92 Å². The molecule has 2 heterocycles. The van der Waals surface area contributed by atoms with Crippen molar-refractivity contribution in [2.24, 2.45) is 0 Å². The van der Waals surface area contributed by atoms with Gasteiger partial charge in [0.1, 0.15) is 29.2 Å². The highest BCUT2D eigenvalue weighted by molar-refractivity contribution is 5.94. The molecule has 138 valence electrons. The molecule has 2 atom stereocenters. The number of carbonyl (C=O) groups excluding carboxylic acids is 2. The van der Waals surface area contributed by atoms with E-state index in [-0.39, 0.29) is 23.7 Å². The minimum atomic E-state index is -1.15. The number of hydrogen-bond acceptors (Lipinski definition) is 5. The fourth-order valence-corrected chi connectivity index (χ4v) is 2.81. The van der Waals surface area contributed by atoms with Crippen LogP contribution in [0.15, 0.2) is 22.7 Å². The van der Waals surface area contributed by atoms with E-state index in [0.717, 1.165) is 12.1 Å². The molecule has 0 spiro atoms. The molecule has 3 amide bonds. The molecule has 1 aromatic heterocycles. The Bertz CT molecular complexity index is 832. The average Bonchev–Trinajstić information content (AvgIpc) is 3.14. The van der Waals surface area contributed by atoms with Gasteiger partial charge >= 0.3 is 6.03 Å². The molecule has 1 aliphatic heterocycles. The first-order valence-corrected chi connectivity index (χ1v) is 7.70. The summed E-state index contributed by atoms with van der Waals surface area (Å²) < 4.78 is 38.3. The van der Waals surface area contributed by atoms with E-state index in [4.69, 9.17) is 9.26 Å². The molecule has 26 heavy (non-hydrogen) atoms. The van der Waals surface area contributed by atoms with Crippen molar-refractivity contribution in [3.8, 4) is 5.75 Å². The number of carbonyl (C=O) groups is 2. The highest BCUT2D eigenvalue weighted by atomic mass is 19.1. The van der Waals surface area contributed by atoms with Crippen LogP contribution in [0.3, 0.4) is 0 Å². The zero-order valence-corrected chi connectivity index (χ0v) is 13.9. The molecule has 0 saturated carbocycles. The molecule has 1 aliphatic rings. The third kappa shape index (κ3) is 3.44. The van der Waals surface area contributed by atoms with Gasteiger partial charge in [-0.25, -0.2) is 13.6 Å². The predicted molar refractivity (Wildman–Crippen MR) is 85.8 cm³/mol. The van der Waals surface area contributed by atoms with E-state index >= 15 is 0 Å². The van der Waals surface area contributed by atoms with Crippen molar-refractivity contribution in [2.75, 3.05) is 19.0 Å². The first-order valence-electron chi connectivity index (χ1n) is 7.70. The lowest BCUT2D eigenvalue weighted by Gasteiger charge is -2.20. The Morgan fingerprint density at radius 2 is 2.04 bits per heavy atom. The maximum Gasteiger partial charge on any atom is 0.321 e. The van der Waals surface area contributed by atoms with Gasteiger partial charge in [-0.1, -0.05) is 5.16 Å². The van der Waals surface area contributed by atoms with Gasteiger partial charge in [-0.3, -0.25) is 10.1 Å². The number of urea groups is 1. The van der Waals surface area contributed by atoms with Crippen LogP contribution < -0.4 is 20.7 Å². The number of halogens is 2. The number of aryl methyl sites for hydroxylation is 1. The minimum Gasteiger partial charge on any atom is -0.497 e. The van der Waals surface area contributed by atoms with Crippen LogP contribution in [0.2, 0.25) is 0 Å². The number of nitrogens with zero attached hydrogens (tertiary/aromatic N) is 1. The third-order valence-electron chi connectivity index (χ3n) is 4.00. The van der Waals surface area contributed by atoms with Crippen LogP contribution in [0, 0.1) is 18.6 Å². The molecule has 3 N–H and O–H groups in total. The van der Waals surface area contributed by atoms with Crippen molar-refractivity contribution in [1.82, 2.24) is 15.8 Å². The highest BCUT2D eigenvalue weighted by Crippen LogP contribution is 2.31. The van der Waals surface area contributed by atoms with Gasteiger partial charge in [0.15, 0.2) is 5.82 Å². The van der Waals surface area contributed by atoms with Crippen LogP contribution >= 0.6 is 0 Å².